The maximum atomic E-state index is 6.15. The summed E-state index contributed by atoms with van der Waals surface area (Å²) in [6.45, 7) is 0.692. The Morgan fingerprint density at radius 2 is 1.61 bits per heavy atom. The van der Waals surface area contributed by atoms with E-state index < -0.39 is 0 Å². The standard InChI is InChI=1S/C13H9BrCl2IN/c14-9-5-11(15)13(12(16)6-9)18-7-8-1-3-10(17)4-2-8/h1-6,18H,7H2. The molecule has 1 N–H and O–H groups in total. The second kappa shape index (κ2) is 6.46. The van der Waals surface area contributed by atoms with Crippen LogP contribution in [-0.4, -0.2) is 0 Å². The van der Waals surface area contributed by atoms with Crippen molar-refractivity contribution in [3.05, 3.63) is 60.0 Å². The van der Waals surface area contributed by atoms with Gasteiger partial charge in [0.15, 0.2) is 0 Å². The molecule has 0 aromatic heterocycles. The summed E-state index contributed by atoms with van der Waals surface area (Å²) < 4.78 is 2.09. The van der Waals surface area contributed by atoms with Gasteiger partial charge in [-0.15, -0.1) is 0 Å². The number of halogens is 4. The van der Waals surface area contributed by atoms with Crippen molar-refractivity contribution >= 4 is 67.4 Å². The monoisotopic (exact) mass is 455 g/mol. The van der Waals surface area contributed by atoms with Crippen LogP contribution in [0.3, 0.4) is 0 Å². The molecule has 0 amide bonds. The number of anilines is 1. The maximum Gasteiger partial charge on any atom is 0.0722 e. The third-order valence-corrected chi connectivity index (χ3v) is 4.16. The molecule has 0 saturated heterocycles. The first-order valence-corrected chi connectivity index (χ1v) is 7.82. The van der Waals surface area contributed by atoms with Crippen molar-refractivity contribution in [1.82, 2.24) is 0 Å². The van der Waals surface area contributed by atoms with E-state index in [1.165, 1.54) is 9.13 Å². The van der Waals surface area contributed by atoms with Crippen LogP contribution in [0.2, 0.25) is 10.0 Å². The fourth-order valence-electron chi connectivity index (χ4n) is 1.50. The lowest BCUT2D eigenvalue weighted by Gasteiger charge is -2.11. The summed E-state index contributed by atoms with van der Waals surface area (Å²) in [7, 11) is 0. The predicted molar refractivity (Wildman–Crippen MR) is 90.6 cm³/mol. The summed E-state index contributed by atoms with van der Waals surface area (Å²) >= 11 is 17.9. The Balaban J connectivity index is 2.13. The van der Waals surface area contributed by atoms with Gasteiger partial charge in [-0.3, -0.25) is 0 Å². The Labute approximate surface area is 138 Å². The number of hydrogen-bond acceptors (Lipinski definition) is 1. The van der Waals surface area contributed by atoms with Crippen LogP contribution in [0.25, 0.3) is 0 Å². The average Bonchev–Trinajstić information content (AvgIpc) is 2.30. The molecule has 94 valence electrons. The molecule has 2 aromatic carbocycles. The highest BCUT2D eigenvalue weighted by atomic mass is 127. The first-order chi connectivity index (χ1) is 8.56. The van der Waals surface area contributed by atoms with Crippen LogP contribution in [0.1, 0.15) is 5.56 Å². The van der Waals surface area contributed by atoms with Crippen molar-refractivity contribution in [3.63, 3.8) is 0 Å². The summed E-state index contributed by atoms with van der Waals surface area (Å²) in [5, 5.41) is 4.48. The normalized spacial score (nSPS) is 10.4. The molecule has 5 heteroatoms. The molecule has 2 aromatic rings. The molecule has 0 aliphatic heterocycles. The summed E-state index contributed by atoms with van der Waals surface area (Å²) in [5.41, 5.74) is 1.95. The van der Waals surface area contributed by atoms with Gasteiger partial charge in [-0.2, -0.15) is 0 Å². The molecule has 1 nitrogen and oxygen atoms in total. The minimum absolute atomic E-state index is 0.611. The lowest BCUT2D eigenvalue weighted by molar-refractivity contribution is 1.15. The van der Waals surface area contributed by atoms with E-state index in [0.717, 1.165) is 10.2 Å². The molecule has 0 heterocycles. The second-order valence-electron chi connectivity index (χ2n) is 3.72. The Bertz CT molecular complexity index is 534. The molecule has 18 heavy (non-hydrogen) atoms. The fourth-order valence-corrected chi connectivity index (χ4v) is 3.21. The molecule has 0 bridgehead atoms. The van der Waals surface area contributed by atoms with Crippen LogP contribution in [0.4, 0.5) is 5.69 Å². The van der Waals surface area contributed by atoms with E-state index in [4.69, 9.17) is 23.2 Å². The zero-order chi connectivity index (χ0) is 13.1. The van der Waals surface area contributed by atoms with Crippen LogP contribution in [0.5, 0.6) is 0 Å². The molecule has 0 atom stereocenters. The fraction of sp³-hybridized carbons (Fsp3) is 0.0769. The van der Waals surface area contributed by atoms with Crippen molar-refractivity contribution in [1.29, 1.82) is 0 Å². The first kappa shape index (κ1) is 14.4. The molecule has 0 radical (unpaired) electrons. The number of hydrogen-bond donors (Lipinski definition) is 1. The molecule has 0 aliphatic carbocycles. The Morgan fingerprint density at radius 3 is 2.17 bits per heavy atom. The highest BCUT2D eigenvalue weighted by molar-refractivity contribution is 14.1. The number of nitrogens with one attached hydrogen (secondary N) is 1. The molecule has 0 spiro atoms. The van der Waals surface area contributed by atoms with Crippen molar-refractivity contribution in [2.24, 2.45) is 0 Å². The quantitative estimate of drug-likeness (QED) is 0.561. The highest BCUT2D eigenvalue weighted by Crippen LogP contribution is 2.34. The highest BCUT2D eigenvalue weighted by Gasteiger charge is 2.07. The van der Waals surface area contributed by atoms with Crippen molar-refractivity contribution in [3.8, 4) is 0 Å². The van der Waals surface area contributed by atoms with Gasteiger partial charge in [-0.1, -0.05) is 51.3 Å². The molecule has 0 aliphatic rings. The van der Waals surface area contributed by atoms with Crippen LogP contribution < -0.4 is 5.32 Å². The number of benzene rings is 2. The lowest BCUT2D eigenvalue weighted by Crippen LogP contribution is -2.00. The van der Waals surface area contributed by atoms with Gasteiger partial charge >= 0.3 is 0 Å². The van der Waals surface area contributed by atoms with Crippen LogP contribution in [-0.2, 0) is 6.54 Å². The molecular weight excluding hydrogens is 448 g/mol. The summed E-state index contributed by atoms with van der Waals surface area (Å²) in [4.78, 5) is 0. The summed E-state index contributed by atoms with van der Waals surface area (Å²) in [6, 6.07) is 11.9. The minimum atomic E-state index is 0.611. The predicted octanol–water partition coefficient (Wildman–Crippen LogP) is 5.97. The molecule has 0 saturated carbocycles. The van der Waals surface area contributed by atoms with Gasteiger partial charge in [0.1, 0.15) is 0 Å². The zero-order valence-corrected chi connectivity index (χ0v) is 14.4. The van der Waals surface area contributed by atoms with Gasteiger partial charge in [0.2, 0.25) is 0 Å². The van der Waals surface area contributed by atoms with Crippen molar-refractivity contribution in [2.75, 3.05) is 5.32 Å². The average molecular weight is 457 g/mol. The minimum Gasteiger partial charge on any atom is -0.379 e. The maximum absolute atomic E-state index is 6.15. The Kier molecular flexibility index (Phi) is 5.18. The van der Waals surface area contributed by atoms with E-state index in [1.807, 2.05) is 12.1 Å². The third-order valence-electron chi connectivity index (χ3n) is 2.39. The van der Waals surface area contributed by atoms with Crippen LogP contribution in [0, 0.1) is 3.57 Å². The van der Waals surface area contributed by atoms with Gasteiger partial charge in [-0.25, -0.2) is 0 Å². The second-order valence-corrected chi connectivity index (χ2v) is 6.70. The smallest absolute Gasteiger partial charge is 0.0722 e. The summed E-state index contributed by atoms with van der Waals surface area (Å²) in [5.74, 6) is 0. The van der Waals surface area contributed by atoms with Crippen molar-refractivity contribution in [2.45, 2.75) is 6.54 Å². The Hall–Kier alpha value is 0.0300. The topological polar surface area (TPSA) is 12.0 Å². The van der Waals surface area contributed by atoms with Gasteiger partial charge in [0.25, 0.3) is 0 Å². The molecule has 0 fully saturated rings. The number of rotatable bonds is 3. The van der Waals surface area contributed by atoms with E-state index in [2.05, 4.69) is 68.1 Å². The lowest BCUT2D eigenvalue weighted by atomic mass is 10.2. The largest absolute Gasteiger partial charge is 0.379 e. The van der Waals surface area contributed by atoms with Gasteiger partial charge in [-0.05, 0) is 52.4 Å². The van der Waals surface area contributed by atoms with Gasteiger partial charge < -0.3 is 5.32 Å². The van der Waals surface area contributed by atoms with E-state index in [-0.39, 0.29) is 0 Å². The molecular formula is C13H9BrCl2IN. The molecule has 0 unspecified atom stereocenters. The van der Waals surface area contributed by atoms with Crippen LogP contribution in [0.15, 0.2) is 40.9 Å². The Morgan fingerprint density at radius 1 is 1.06 bits per heavy atom. The van der Waals surface area contributed by atoms with Crippen molar-refractivity contribution < 1.29 is 0 Å². The van der Waals surface area contributed by atoms with E-state index in [9.17, 15) is 0 Å². The first-order valence-electron chi connectivity index (χ1n) is 5.19. The third kappa shape index (κ3) is 3.76. The van der Waals surface area contributed by atoms with Gasteiger partial charge in [0, 0.05) is 14.6 Å². The SMILES string of the molecule is Clc1cc(Br)cc(Cl)c1NCc1ccc(I)cc1. The van der Waals surface area contributed by atoms with Crippen LogP contribution >= 0.6 is 61.7 Å². The zero-order valence-electron chi connectivity index (χ0n) is 9.18. The van der Waals surface area contributed by atoms with E-state index in [1.54, 1.807) is 0 Å². The summed E-state index contributed by atoms with van der Waals surface area (Å²) in [6.07, 6.45) is 0. The van der Waals surface area contributed by atoms with E-state index >= 15 is 0 Å². The molecule has 2 rings (SSSR count). The van der Waals surface area contributed by atoms with E-state index in [0.29, 0.717) is 16.6 Å². The van der Waals surface area contributed by atoms with Gasteiger partial charge in [0.05, 0.1) is 15.7 Å².